The molecule has 1 aliphatic carbocycles. The van der Waals surface area contributed by atoms with Crippen molar-refractivity contribution in [2.24, 2.45) is 5.92 Å². The summed E-state index contributed by atoms with van der Waals surface area (Å²) in [6.45, 7) is 0.970. The van der Waals surface area contributed by atoms with Crippen LogP contribution >= 0.6 is 0 Å². The Labute approximate surface area is 108 Å². The van der Waals surface area contributed by atoms with Crippen LogP contribution in [0.4, 0.5) is 0 Å². The lowest BCUT2D eigenvalue weighted by molar-refractivity contribution is -0.123. The van der Waals surface area contributed by atoms with Crippen LogP contribution in [0.2, 0.25) is 0 Å². The third-order valence-corrected chi connectivity index (χ3v) is 3.93. The minimum Gasteiger partial charge on any atom is -0.348 e. The average Bonchev–Trinajstić information content (AvgIpc) is 3.10. The highest BCUT2D eigenvalue weighted by Gasteiger charge is 2.34. The van der Waals surface area contributed by atoms with Gasteiger partial charge in [0, 0.05) is 0 Å². The zero-order valence-corrected chi connectivity index (χ0v) is 10.6. The summed E-state index contributed by atoms with van der Waals surface area (Å²) in [5, 5.41) is 6.50. The summed E-state index contributed by atoms with van der Waals surface area (Å²) < 4.78 is 0. The SMILES string of the molecule is O=C(NC(c1ccccc1)C1CC1)C1CCCN1. The summed E-state index contributed by atoms with van der Waals surface area (Å²) in [6.07, 6.45) is 4.55. The van der Waals surface area contributed by atoms with Crippen molar-refractivity contribution in [2.75, 3.05) is 6.54 Å². The van der Waals surface area contributed by atoms with Gasteiger partial charge in [-0.1, -0.05) is 30.3 Å². The highest BCUT2D eigenvalue weighted by Crippen LogP contribution is 2.41. The number of rotatable bonds is 4. The van der Waals surface area contributed by atoms with Gasteiger partial charge < -0.3 is 10.6 Å². The predicted molar refractivity (Wildman–Crippen MR) is 71.1 cm³/mol. The van der Waals surface area contributed by atoms with Crippen LogP contribution < -0.4 is 10.6 Å². The monoisotopic (exact) mass is 244 g/mol. The first kappa shape index (κ1) is 11.7. The quantitative estimate of drug-likeness (QED) is 0.850. The lowest BCUT2D eigenvalue weighted by Gasteiger charge is -2.21. The molecule has 3 heteroatoms. The smallest absolute Gasteiger partial charge is 0.237 e. The number of benzene rings is 1. The van der Waals surface area contributed by atoms with Crippen molar-refractivity contribution in [2.45, 2.75) is 37.8 Å². The molecule has 0 radical (unpaired) electrons. The van der Waals surface area contributed by atoms with Crippen LogP contribution in [0.3, 0.4) is 0 Å². The van der Waals surface area contributed by atoms with Gasteiger partial charge in [-0.25, -0.2) is 0 Å². The standard InChI is InChI=1S/C15H20N2O/c18-15(13-7-4-10-16-13)17-14(12-8-9-12)11-5-2-1-3-6-11/h1-3,5-6,12-14,16H,4,7-10H2,(H,17,18). The van der Waals surface area contributed by atoms with E-state index < -0.39 is 0 Å². The van der Waals surface area contributed by atoms with E-state index in [1.807, 2.05) is 18.2 Å². The van der Waals surface area contributed by atoms with Gasteiger partial charge in [-0.3, -0.25) is 4.79 Å². The van der Waals surface area contributed by atoms with Crippen molar-refractivity contribution in [1.82, 2.24) is 10.6 Å². The van der Waals surface area contributed by atoms with Gasteiger partial charge >= 0.3 is 0 Å². The molecule has 2 fully saturated rings. The largest absolute Gasteiger partial charge is 0.348 e. The van der Waals surface area contributed by atoms with Crippen LogP contribution in [-0.4, -0.2) is 18.5 Å². The molecule has 3 rings (SSSR count). The molecular formula is C15H20N2O. The van der Waals surface area contributed by atoms with Gasteiger partial charge in [0.2, 0.25) is 5.91 Å². The van der Waals surface area contributed by atoms with Crippen LogP contribution in [0.5, 0.6) is 0 Å². The maximum Gasteiger partial charge on any atom is 0.237 e. The predicted octanol–water partition coefficient (Wildman–Crippen LogP) is 2.01. The third kappa shape index (κ3) is 2.56. The molecule has 1 aromatic rings. The van der Waals surface area contributed by atoms with Crippen LogP contribution in [0.25, 0.3) is 0 Å². The van der Waals surface area contributed by atoms with Gasteiger partial charge in [-0.15, -0.1) is 0 Å². The molecule has 1 aliphatic heterocycles. The topological polar surface area (TPSA) is 41.1 Å². The molecule has 1 saturated heterocycles. The zero-order valence-electron chi connectivity index (χ0n) is 10.6. The summed E-state index contributed by atoms with van der Waals surface area (Å²) in [4.78, 5) is 12.2. The lowest BCUT2D eigenvalue weighted by atomic mass is 10.0. The van der Waals surface area contributed by atoms with Gasteiger partial charge in [0.05, 0.1) is 12.1 Å². The molecule has 1 amide bonds. The fourth-order valence-corrected chi connectivity index (χ4v) is 2.73. The fourth-order valence-electron chi connectivity index (χ4n) is 2.73. The van der Waals surface area contributed by atoms with Crippen LogP contribution in [0, 0.1) is 5.92 Å². The molecule has 1 heterocycles. The Balaban J connectivity index is 1.69. The molecule has 96 valence electrons. The maximum atomic E-state index is 12.2. The zero-order chi connectivity index (χ0) is 12.4. The normalized spacial score (nSPS) is 24.8. The summed E-state index contributed by atoms with van der Waals surface area (Å²) in [5.41, 5.74) is 1.24. The maximum absolute atomic E-state index is 12.2. The molecule has 0 aromatic heterocycles. The summed E-state index contributed by atoms with van der Waals surface area (Å²) in [7, 11) is 0. The van der Waals surface area contributed by atoms with Gasteiger partial charge in [-0.05, 0) is 43.7 Å². The second-order valence-electron chi connectivity index (χ2n) is 5.38. The molecule has 2 aliphatic rings. The number of nitrogens with one attached hydrogen (secondary N) is 2. The first-order chi connectivity index (χ1) is 8.84. The number of amides is 1. The minimum absolute atomic E-state index is 0.0231. The van der Waals surface area contributed by atoms with Crippen molar-refractivity contribution >= 4 is 5.91 Å². The molecule has 2 unspecified atom stereocenters. The van der Waals surface area contributed by atoms with E-state index in [1.165, 1.54) is 18.4 Å². The molecule has 2 atom stereocenters. The van der Waals surface area contributed by atoms with Crippen molar-refractivity contribution in [3.05, 3.63) is 35.9 Å². The minimum atomic E-state index is 0.0231. The number of hydrogen-bond acceptors (Lipinski definition) is 2. The Morgan fingerprint density at radius 3 is 2.61 bits per heavy atom. The van der Waals surface area contributed by atoms with E-state index in [2.05, 4.69) is 22.8 Å². The van der Waals surface area contributed by atoms with E-state index in [-0.39, 0.29) is 18.0 Å². The fraction of sp³-hybridized carbons (Fsp3) is 0.533. The van der Waals surface area contributed by atoms with Gasteiger partial charge in [0.25, 0.3) is 0 Å². The van der Waals surface area contributed by atoms with E-state index in [9.17, 15) is 4.79 Å². The van der Waals surface area contributed by atoms with Crippen molar-refractivity contribution in [3.63, 3.8) is 0 Å². The Morgan fingerprint density at radius 2 is 2.00 bits per heavy atom. The summed E-state index contributed by atoms with van der Waals surface area (Å²) >= 11 is 0. The average molecular weight is 244 g/mol. The van der Waals surface area contributed by atoms with E-state index >= 15 is 0 Å². The summed E-state index contributed by atoms with van der Waals surface area (Å²) in [6, 6.07) is 10.6. The van der Waals surface area contributed by atoms with Crippen LogP contribution in [0.1, 0.15) is 37.3 Å². The Bertz CT molecular complexity index is 408. The van der Waals surface area contributed by atoms with Crippen molar-refractivity contribution < 1.29 is 4.79 Å². The molecule has 2 N–H and O–H groups in total. The number of hydrogen-bond donors (Lipinski definition) is 2. The Kier molecular flexibility index (Phi) is 3.33. The van der Waals surface area contributed by atoms with E-state index in [4.69, 9.17) is 0 Å². The Morgan fingerprint density at radius 1 is 1.22 bits per heavy atom. The highest BCUT2D eigenvalue weighted by atomic mass is 16.2. The molecule has 1 aromatic carbocycles. The first-order valence-corrected chi connectivity index (χ1v) is 6.93. The number of carbonyl (C=O) groups is 1. The van der Waals surface area contributed by atoms with Gasteiger partial charge in [-0.2, -0.15) is 0 Å². The molecule has 3 nitrogen and oxygen atoms in total. The van der Waals surface area contributed by atoms with Gasteiger partial charge in [0.1, 0.15) is 0 Å². The molecule has 1 saturated carbocycles. The highest BCUT2D eigenvalue weighted by molar-refractivity contribution is 5.82. The van der Waals surface area contributed by atoms with Crippen molar-refractivity contribution in [1.29, 1.82) is 0 Å². The molecular weight excluding hydrogens is 224 g/mol. The molecule has 18 heavy (non-hydrogen) atoms. The first-order valence-electron chi connectivity index (χ1n) is 6.93. The van der Waals surface area contributed by atoms with Crippen molar-refractivity contribution in [3.8, 4) is 0 Å². The molecule has 0 bridgehead atoms. The Hall–Kier alpha value is -1.35. The van der Waals surface area contributed by atoms with E-state index in [0.717, 1.165) is 19.4 Å². The van der Waals surface area contributed by atoms with Gasteiger partial charge in [0.15, 0.2) is 0 Å². The second-order valence-corrected chi connectivity index (χ2v) is 5.38. The second kappa shape index (κ2) is 5.11. The lowest BCUT2D eigenvalue weighted by Crippen LogP contribution is -2.42. The third-order valence-electron chi connectivity index (χ3n) is 3.93. The van der Waals surface area contributed by atoms with E-state index in [0.29, 0.717) is 5.92 Å². The number of carbonyl (C=O) groups excluding carboxylic acids is 1. The molecule has 0 spiro atoms. The van der Waals surface area contributed by atoms with Crippen LogP contribution in [-0.2, 0) is 4.79 Å². The summed E-state index contributed by atoms with van der Waals surface area (Å²) in [5.74, 6) is 0.811. The van der Waals surface area contributed by atoms with E-state index in [1.54, 1.807) is 0 Å². The van der Waals surface area contributed by atoms with Crippen LogP contribution in [0.15, 0.2) is 30.3 Å².